The molecule has 2 heterocycles. The van der Waals surface area contributed by atoms with E-state index in [1.165, 1.54) is 0 Å². The minimum absolute atomic E-state index is 0.0401. The Hall–Kier alpha value is -2.67. The summed E-state index contributed by atoms with van der Waals surface area (Å²) in [4.78, 5) is 31.4. The number of carbonyl (C=O) groups excluding carboxylic acids is 2. The summed E-state index contributed by atoms with van der Waals surface area (Å²) in [7, 11) is 3.70. The molecule has 2 amide bonds. The number of hydrogen-bond donors (Lipinski definition) is 2. The van der Waals surface area contributed by atoms with Crippen LogP contribution in [0.25, 0.3) is 0 Å². The monoisotopic (exact) mass is 369 g/mol. The van der Waals surface area contributed by atoms with Crippen molar-refractivity contribution in [2.24, 2.45) is 18.9 Å². The summed E-state index contributed by atoms with van der Waals surface area (Å²) in [5, 5.41) is 6.19. The second-order valence-electron chi connectivity index (χ2n) is 7.29. The molecular weight excluding hydrogens is 342 g/mol. The van der Waals surface area contributed by atoms with Crippen molar-refractivity contribution < 1.29 is 9.59 Å². The lowest BCUT2D eigenvalue weighted by molar-refractivity contribution is -0.136. The molecule has 0 bridgehead atoms. The van der Waals surface area contributed by atoms with E-state index in [1.807, 2.05) is 49.0 Å². The summed E-state index contributed by atoms with van der Waals surface area (Å²) in [5.74, 6) is 0.394. The number of rotatable bonds is 5. The maximum atomic E-state index is 12.8. The van der Waals surface area contributed by atoms with Crippen LogP contribution in [0.15, 0.2) is 36.7 Å². The normalized spacial score (nSPS) is 19.5. The Balaban J connectivity index is 1.57. The summed E-state index contributed by atoms with van der Waals surface area (Å²) < 4.78 is 1.90. The Morgan fingerprint density at radius 3 is 2.63 bits per heavy atom. The minimum atomic E-state index is -0.226. The number of imidazole rings is 1. The Morgan fingerprint density at radius 1 is 1.26 bits per heavy atom. The molecule has 144 valence electrons. The van der Waals surface area contributed by atoms with Crippen LogP contribution in [0.4, 0.5) is 5.69 Å². The second kappa shape index (κ2) is 8.35. The number of benzene rings is 1. The molecule has 2 atom stereocenters. The van der Waals surface area contributed by atoms with E-state index in [0.717, 1.165) is 17.1 Å². The van der Waals surface area contributed by atoms with E-state index in [1.54, 1.807) is 18.1 Å². The SMILES string of the molecule is Cc1ccc(NC(=O)C2CNCC(C(=O)N(C)Cc3nccn3C)C2)cc1. The standard InChI is InChI=1S/C20H27N5O2/c1-14-4-6-17(7-5-14)23-19(26)15-10-16(12-21-11-15)20(27)25(3)13-18-22-8-9-24(18)2/h4-9,15-16,21H,10-13H2,1-3H3,(H,23,26). The van der Waals surface area contributed by atoms with Crippen LogP contribution >= 0.6 is 0 Å². The Morgan fingerprint density at radius 2 is 1.96 bits per heavy atom. The number of piperidine rings is 1. The van der Waals surface area contributed by atoms with E-state index in [2.05, 4.69) is 15.6 Å². The molecule has 0 saturated carbocycles. The molecule has 1 aliphatic heterocycles. The third-order valence-corrected chi connectivity index (χ3v) is 5.07. The van der Waals surface area contributed by atoms with Crippen LogP contribution in [0.1, 0.15) is 17.8 Å². The number of carbonyl (C=O) groups is 2. The van der Waals surface area contributed by atoms with Crippen LogP contribution in [0.5, 0.6) is 0 Å². The fraction of sp³-hybridized carbons (Fsp3) is 0.450. The highest BCUT2D eigenvalue weighted by atomic mass is 16.2. The topological polar surface area (TPSA) is 79.3 Å². The molecule has 7 heteroatoms. The number of hydrogen-bond acceptors (Lipinski definition) is 4. The fourth-order valence-corrected chi connectivity index (χ4v) is 3.36. The predicted molar refractivity (Wildman–Crippen MR) is 104 cm³/mol. The van der Waals surface area contributed by atoms with E-state index >= 15 is 0 Å². The quantitative estimate of drug-likeness (QED) is 0.838. The Bertz CT molecular complexity index is 799. The van der Waals surface area contributed by atoms with Crippen LogP contribution in [0.3, 0.4) is 0 Å². The molecule has 1 aromatic carbocycles. The Labute approximate surface area is 159 Å². The molecule has 7 nitrogen and oxygen atoms in total. The van der Waals surface area contributed by atoms with Gasteiger partial charge in [-0.1, -0.05) is 17.7 Å². The number of nitrogens with zero attached hydrogens (tertiary/aromatic N) is 3. The maximum absolute atomic E-state index is 12.8. The molecule has 27 heavy (non-hydrogen) atoms. The third kappa shape index (κ3) is 4.74. The largest absolute Gasteiger partial charge is 0.338 e. The molecule has 0 aliphatic carbocycles. The number of amides is 2. The van der Waals surface area contributed by atoms with E-state index in [9.17, 15) is 9.59 Å². The van der Waals surface area contributed by atoms with Crippen molar-refractivity contribution >= 4 is 17.5 Å². The van der Waals surface area contributed by atoms with E-state index in [4.69, 9.17) is 0 Å². The lowest BCUT2D eigenvalue weighted by Gasteiger charge is -2.31. The lowest BCUT2D eigenvalue weighted by atomic mass is 9.89. The van der Waals surface area contributed by atoms with Crippen LogP contribution < -0.4 is 10.6 Å². The van der Waals surface area contributed by atoms with Crippen molar-refractivity contribution in [1.82, 2.24) is 19.8 Å². The maximum Gasteiger partial charge on any atom is 0.228 e. The third-order valence-electron chi connectivity index (χ3n) is 5.07. The number of anilines is 1. The van der Waals surface area contributed by atoms with Gasteiger partial charge in [-0.3, -0.25) is 9.59 Å². The second-order valence-corrected chi connectivity index (χ2v) is 7.29. The number of nitrogens with one attached hydrogen (secondary N) is 2. The van der Waals surface area contributed by atoms with Gasteiger partial charge in [0, 0.05) is 45.3 Å². The van der Waals surface area contributed by atoms with Gasteiger partial charge in [-0.2, -0.15) is 0 Å². The molecule has 0 spiro atoms. The number of aromatic nitrogens is 2. The van der Waals surface area contributed by atoms with Crippen molar-refractivity contribution in [3.05, 3.63) is 48.0 Å². The smallest absolute Gasteiger partial charge is 0.228 e. The van der Waals surface area contributed by atoms with Gasteiger partial charge in [0.25, 0.3) is 0 Å². The van der Waals surface area contributed by atoms with Gasteiger partial charge in [-0.25, -0.2) is 4.98 Å². The first-order valence-electron chi connectivity index (χ1n) is 9.23. The lowest BCUT2D eigenvalue weighted by Crippen LogP contribution is -2.47. The zero-order chi connectivity index (χ0) is 19.4. The van der Waals surface area contributed by atoms with Gasteiger partial charge < -0.3 is 20.1 Å². The van der Waals surface area contributed by atoms with Crippen molar-refractivity contribution in [3.8, 4) is 0 Å². The van der Waals surface area contributed by atoms with E-state index in [-0.39, 0.29) is 23.7 Å². The minimum Gasteiger partial charge on any atom is -0.338 e. The molecule has 3 rings (SSSR count). The molecule has 1 fully saturated rings. The summed E-state index contributed by atoms with van der Waals surface area (Å²) in [5.41, 5.74) is 1.93. The van der Waals surface area contributed by atoms with Gasteiger partial charge in [-0.05, 0) is 25.5 Å². The molecule has 1 aromatic heterocycles. The van der Waals surface area contributed by atoms with Gasteiger partial charge >= 0.3 is 0 Å². The van der Waals surface area contributed by atoms with Crippen LogP contribution in [0, 0.1) is 18.8 Å². The summed E-state index contributed by atoms with van der Waals surface area (Å²) >= 11 is 0. The zero-order valence-electron chi connectivity index (χ0n) is 16.1. The van der Waals surface area contributed by atoms with E-state index < -0.39 is 0 Å². The molecule has 2 aromatic rings. The number of aryl methyl sites for hydroxylation is 2. The van der Waals surface area contributed by atoms with Crippen molar-refractivity contribution in [3.63, 3.8) is 0 Å². The highest BCUT2D eigenvalue weighted by Crippen LogP contribution is 2.21. The van der Waals surface area contributed by atoms with Crippen LogP contribution in [-0.2, 0) is 23.2 Å². The summed E-state index contributed by atoms with van der Waals surface area (Å²) in [6, 6.07) is 7.72. The van der Waals surface area contributed by atoms with Gasteiger partial charge in [-0.15, -0.1) is 0 Å². The predicted octanol–water partition coefficient (Wildman–Crippen LogP) is 1.55. The first kappa shape index (κ1) is 19.1. The van der Waals surface area contributed by atoms with Crippen molar-refractivity contribution in [2.75, 3.05) is 25.5 Å². The summed E-state index contributed by atoms with van der Waals surface area (Å²) in [6.45, 7) is 3.65. The van der Waals surface area contributed by atoms with Gasteiger partial charge in [0.2, 0.25) is 11.8 Å². The van der Waals surface area contributed by atoms with Crippen LogP contribution in [-0.4, -0.2) is 46.4 Å². The molecule has 0 radical (unpaired) electrons. The average molecular weight is 369 g/mol. The first-order chi connectivity index (χ1) is 12.9. The average Bonchev–Trinajstić information content (AvgIpc) is 3.07. The first-order valence-corrected chi connectivity index (χ1v) is 9.23. The molecular formula is C20H27N5O2. The van der Waals surface area contributed by atoms with Crippen molar-refractivity contribution in [2.45, 2.75) is 19.9 Å². The fourth-order valence-electron chi connectivity index (χ4n) is 3.36. The highest BCUT2D eigenvalue weighted by Gasteiger charge is 2.32. The van der Waals surface area contributed by atoms with Gasteiger partial charge in [0.15, 0.2) is 0 Å². The van der Waals surface area contributed by atoms with E-state index in [0.29, 0.717) is 26.1 Å². The summed E-state index contributed by atoms with van der Waals surface area (Å²) in [6.07, 6.45) is 4.14. The molecule has 2 N–H and O–H groups in total. The van der Waals surface area contributed by atoms with Crippen molar-refractivity contribution in [1.29, 1.82) is 0 Å². The Kier molecular flexibility index (Phi) is 5.91. The molecule has 2 unspecified atom stereocenters. The van der Waals surface area contributed by atoms with Gasteiger partial charge in [0.05, 0.1) is 18.4 Å². The zero-order valence-corrected chi connectivity index (χ0v) is 16.1. The molecule has 1 aliphatic rings. The highest BCUT2D eigenvalue weighted by molar-refractivity contribution is 5.93. The molecule has 1 saturated heterocycles. The van der Waals surface area contributed by atoms with Gasteiger partial charge in [0.1, 0.15) is 5.82 Å². The van der Waals surface area contributed by atoms with Crippen LogP contribution in [0.2, 0.25) is 0 Å².